The van der Waals surface area contributed by atoms with Gasteiger partial charge in [-0.3, -0.25) is 4.90 Å². The Balaban J connectivity index is 1.69. The normalized spacial score (nSPS) is 21.0. The molecule has 3 rings (SSSR count). The summed E-state index contributed by atoms with van der Waals surface area (Å²) in [6.07, 6.45) is 9.60. The first kappa shape index (κ1) is 21.8. The third kappa shape index (κ3) is 5.16. The SMILES string of the molecule is CCCCn1c(CN2CCC(C(O)CC)CC2)cnc1S(=O)(=O)CC1CCC1. The van der Waals surface area contributed by atoms with Crippen LogP contribution in [0.4, 0.5) is 0 Å². The van der Waals surface area contributed by atoms with Crippen molar-refractivity contribution >= 4 is 9.84 Å². The summed E-state index contributed by atoms with van der Waals surface area (Å²) >= 11 is 0. The molecule has 0 radical (unpaired) electrons. The lowest BCUT2D eigenvalue weighted by Gasteiger charge is -2.34. The average molecular weight is 412 g/mol. The minimum absolute atomic E-state index is 0.194. The summed E-state index contributed by atoms with van der Waals surface area (Å²) in [5.74, 6) is 0.953. The fourth-order valence-corrected chi connectivity index (χ4v) is 6.29. The van der Waals surface area contributed by atoms with E-state index in [2.05, 4.69) is 16.8 Å². The van der Waals surface area contributed by atoms with Crippen molar-refractivity contribution in [2.75, 3.05) is 18.8 Å². The summed E-state index contributed by atoms with van der Waals surface area (Å²) in [5.41, 5.74) is 1.01. The van der Waals surface area contributed by atoms with E-state index in [1.165, 1.54) is 0 Å². The Morgan fingerprint density at radius 3 is 2.50 bits per heavy atom. The number of nitrogens with zero attached hydrogens (tertiary/aromatic N) is 3. The zero-order chi connectivity index (χ0) is 20.1. The van der Waals surface area contributed by atoms with Gasteiger partial charge in [-0.15, -0.1) is 0 Å². The number of sulfone groups is 1. The second-order valence-electron chi connectivity index (χ2n) is 8.70. The van der Waals surface area contributed by atoms with E-state index in [-0.39, 0.29) is 17.0 Å². The lowest BCUT2D eigenvalue weighted by atomic mass is 9.87. The summed E-state index contributed by atoms with van der Waals surface area (Å²) in [6.45, 7) is 7.52. The van der Waals surface area contributed by atoms with Crippen LogP contribution in [0.15, 0.2) is 11.4 Å². The monoisotopic (exact) mass is 411 g/mol. The van der Waals surface area contributed by atoms with Crippen LogP contribution in [0.1, 0.15) is 70.9 Å². The first-order valence-electron chi connectivity index (χ1n) is 11.1. The van der Waals surface area contributed by atoms with E-state index in [1.807, 2.05) is 11.5 Å². The van der Waals surface area contributed by atoms with Crippen LogP contribution in [-0.2, 0) is 22.9 Å². The van der Waals surface area contributed by atoms with E-state index in [0.29, 0.717) is 11.8 Å². The Kier molecular flexibility index (Phi) is 7.56. The standard InChI is InChI=1S/C21H37N3O3S/c1-3-5-11-24-19(15-23-12-9-18(10-13-23)20(25)4-2)14-22-21(24)28(26,27)16-17-7-6-8-17/h14,17-18,20,25H,3-13,15-16H2,1-2H3. The number of aliphatic hydroxyl groups is 1. The fourth-order valence-electron chi connectivity index (χ4n) is 4.42. The molecular formula is C21H37N3O3S. The van der Waals surface area contributed by atoms with Crippen LogP contribution >= 0.6 is 0 Å². The molecule has 1 aromatic heterocycles. The van der Waals surface area contributed by atoms with Crippen LogP contribution < -0.4 is 0 Å². The molecule has 1 saturated carbocycles. The molecule has 1 unspecified atom stereocenters. The molecule has 1 atom stereocenters. The lowest BCUT2D eigenvalue weighted by Crippen LogP contribution is -2.37. The van der Waals surface area contributed by atoms with Gasteiger partial charge in [-0.1, -0.05) is 26.7 Å². The zero-order valence-electron chi connectivity index (χ0n) is 17.5. The fraction of sp³-hybridized carbons (Fsp3) is 0.857. The third-order valence-corrected chi connectivity index (χ3v) is 8.37. The van der Waals surface area contributed by atoms with Crippen molar-refractivity contribution in [3.8, 4) is 0 Å². The highest BCUT2D eigenvalue weighted by molar-refractivity contribution is 7.91. The molecule has 7 heteroatoms. The molecule has 160 valence electrons. The smallest absolute Gasteiger partial charge is 0.227 e. The second-order valence-corrected chi connectivity index (χ2v) is 10.6. The van der Waals surface area contributed by atoms with E-state index in [4.69, 9.17) is 0 Å². The quantitative estimate of drug-likeness (QED) is 0.640. The third-order valence-electron chi connectivity index (χ3n) is 6.58. The topological polar surface area (TPSA) is 75.4 Å². The predicted molar refractivity (Wildman–Crippen MR) is 111 cm³/mol. The molecule has 2 aliphatic rings. The Bertz CT molecular complexity index is 719. The molecule has 0 amide bonds. The van der Waals surface area contributed by atoms with Crippen LogP contribution in [0, 0.1) is 11.8 Å². The predicted octanol–water partition coefficient (Wildman–Crippen LogP) is 3.24. The number of hydrogen-bond donors (Lipinski definition) is 1. The van der Waals surface area contributed by atoms with Crippen molar-refractivity contribution < 1.29 is 13.5 Å². The first-order valence-corrected chi connectivity index (χ1v) is 12.8. The Morgan fingerprint density at radius 1 is 1.21 bits per heavy atom. The number of piperidine rings is 1. The molecule has 28 heavy (non-hydrogen) atoms. The van der Waals surface area contributed by atoms with Crippen LogP contribution in [0.3, 0.4) is 0 Å². The van der Waals surface area contributed by atoms with Crippen molar-refractivity contribution in [3.63, 3.8) is 0 Å². The Morgan fingerprint density at radius 2 is 1.93 bits per heavy atom. The molecule has 6 nitrogen and oxygen atoms in total. The van der Waals surface area contributed by atoms with E-state index in [0.717, 1.165) is 83.2 Å². The van der Waals surface area contributed by atoms with Gasteiger partial charge in [-0.25, -0.2) is 13.4 Å². The van der Waals surface area contributed by atoms with Gasteiger partial charge in [0.25, 0.3) is 0 Å². The van der Waals surface area contributed by atoms with E-state index >= 15 is 0 Å². The number of rotatable bonds is 10. The molecule has 1 aliphatic heterocycles. The summed E-state index contributed by atoms with van der Waals surface area (Å²) in [4.78, 5) is 6.76. The summed E-state index contributed by atoms with van der Waals surface area (Å²) in [6, 6.07) is 0. The van der Waals surface area contributed by atoms with Gasteiger partial charge in [-0.2, -0.15) is 0 Å². The lowest BCUT2D eigenvalue weighted by molar-refractivity contribution is 0.0543. The minimum atomic E-state index is -3.32. The number of aliphatic hydroxyl groups excluding tert-OH is 1. The molecule has 1 aliphatic carbocycles. The number of hydrogen-bond acceptors (Lipinski definition) is 5. The number of unbranched alkanes of at least 4 members (excludes halogenated alkanes) is 1. The van der Waals surface area contributed by atoms with Crippen molar-refractivity contribution in [2.45, 2.75) is 89.6 Å². The second kappa shape index (κ2) is 9.72. The molecule has 1 N–H and O–H groups in total. The van der Waals surface area contributed by atoms with Crippen LogP contribution in [0.25, 0.3) is 0 Å². The van der Waals surface area contributed by atoms with Crippen molar-refractivity contribution in [1.29, 1.82) is 0 Å². The van der Waals surface area contributed by atoms with Gasteiger partial charge in [0, 0.05) is 13.1 Å². The van der Waals surface area contributed by atoms with Gasteiger partial charge in [0.15, 0.2) is 0 Å². The molecule has 1 aromatic rings. The largest absolute Gasteiger partial charge is 0.393 e. The molecule has 1 saturated heterocycles. The van der Waals surface area contributed by atoms with Crippen molar-refractivity contribution in [1.82, 2.24) is 14.5 Å². The van der Waals surface area contributed by atoms with Crippen molar-refractivity contribution in [3.05, 3.63) is 11.9 Å². The molecule has 2 heterocycles. The van der Waals surface area contributed by atoms with E-state index in [1.54, 1.807) is 6.20 Å². The maximum Gasteiger partial charge on any atom is 0.227 e. The molecule has 0 bridgehead atoms. The van der Waals surface area contributed by atoms with Gasteiger partial charge in [-0.05, 0) is 63.5 Å². The maximum atomic E-state index is 13.0. The van der Waals surface area contributed by atoms with Crippen molar-refractivity contribution in [2.24, 2.45) is 11.8 Å². The highest BCUT2D eigenvalue weighted by atomic mass is 32.2. The Labute approximate surface area is 170 Å². The minimum Gasteiger partial charge on any atom is -0.393 e. The van der Waals surface area contributed by atoms with Gasteiger partial charge in [0.2, 0.25) is 15.0 Å². The summed E-state index contributed by atoms with van der Waals surface area (Å²) in [7, 11) is -3.32. The number of aromatic nitrogens is 2. The van der Waals surface area contributed by atoms with Gasteiger partial charge >= 0.3 is 0 Å². The zero-order valence-corrected chi connectivity index (χ0v) is 18.3. The molecular weight excluding hydrogens is 374 g/mol. The van der Waals surface area contributed by atoms with Crippen LogP contribution in [-0.4, -0.2) is 52.9 Å². The highest BCUT2D eigenvalue weighted by Gasteiger charge is 2.30. The Hall–Kier alpha value is -0.920. The number of imidazole rings is 1. The van der Waals surface area contributed by atoms with Crippen LogP contribution in [0.5, 0.6) is 0 Å². The molecule has 0 spiro atoms. The summed E-state index contributed by atoms with van der Waals surface area (Å²) in [5, 5.41) is 10.4. The van der Waals surface area contributed by atoms with E-state index in [9.17, 15) is 13.5 Å². The van der Waals surface area contributed by atoms with Gasteiger partial charge in [0.1, 0.15) is 0 Å². The molecule has 0 aromatic carbocycles. The molecule has 2 fully saturated rings. The summed E-state index contributed by atoms with van der Waals surface area (Å²) < 4.78 is 27.9. The first-order chi connectivity index (χ1) is 13.4. The average Bonchev–Trinajstić information content (AvgIpc) is 3.06. The maximum absolute atomic E-state index is 13.0. The van der Waals surface area contributed by atoms with Crippen LogP contribution in [0.2, 0.25) is 0 Å². The number of likely N-dealkylation sites (tertiary alicyclic amines) is 1. The highest BCUT2D eigenvalue weighted by Crippen LogP contribution is 2.30. The van der Waals surface area contributed by atoms with Gasteiger partial charge < -0.3 is 9.67 Å². The van der Waals surface area contributed by atoms with Gasteiger partial charge in [0.05, 0.1) is 23.7 Å². The van der Waals surface area contributed by atoms with E-state index < -0.39 is 9.84 Å².